The number of para-hydroxylation sites is 1. The van der Waals surface area contributed by atoms with Gasteiger partial charge >= 0.3 is 0 Å². The summed E-state index contributed by atoms with van der Waals surface area (Å²) in [6, 6.07) is 26.3. The summed E-state index contributed by atoms with van der Waals surface area (Å²) >= 11 is 0. The van der Waals surface area contributed by atoms with E-state index in [2.05, 4.69) is 11.8 Å². The minimum Gasteiger partial charge on any atom is -0.497 e. The summed E-state index contributed by atoms with van der Waals surface area (Å²) in [6.07, 6.45) is 0. The van der Waals surface area contributed by atoms with E-state index in [9.17, 15) is 4.79 Å². The third-order valence-corrected chi connectivity index (χ3v) is 5.52. The summed E-state index contributed by atoms with van der Waals surface area (Å²) in [5, 5.41) is 1.05. The normalized spacial score (nSPS) is 10.6. The summed E-state index contributed by atoms with van der Waals surface area (Å²) in [5.74, 6) is 7.91. The molecule has 1 aromatic heterocycles. The van der Waals surface area contributed by atoms with Crippen LogP contribution < -0.4 is 14.9 Å². The lowest BCUT2D eigenvalue weighted by molar-refractivity contribution is 0.414. The highest BCUT2D eigenvalue weighted by molar-refractivity contribution is 5.98. The molecule has 0 aliphatic carbocycles. The second-order valence-corrected chi connectivity index (χ2v) is 7.53. The lowest BCUT2D eigenvalue weighted by atomic mass is 9.98. The smallest absolute Gasteiger partial charge is 0.200 e. The molecule has 0 aliphatic rings. The Morgan fingerprint density at radius 1 is 0.697 bits per heavy atom. The molecule has 0 spiro atoms. The van der Waals surface area contributed by atoms with Crippen molar-refractivity contribution in [1.29, 1.82) is 0 Å². The van der Waals surface area contributed by atoms with Gasteiger partial charge in [-0.3, -0.25) is 4.79 Å². The van der Waals surface area contributed by atoms with Crippen LogP contribution in [0.4, 0.5) is 0 Å². The highest BCUT2D eigenvalue weighted by Crippen LogP contribution is 2.32. The van der Waals surface area contributed by atoms with Gasteiger partial charge in [0.25, 0.3) is 0 Å². The van der Waals surface area contributed by atoms with Gasteiger partial charge < -0.3 is 13.9 Å². The molecule has 4 nitrogen and oxygen atoms in total. The van der Waals surface area contributed by atoms with E-state index in [1.165, 1.54) is 0 Å². The van der Waals surface area contributed by atoms with Crippen LogP contribution in [-0.4, -0.2) is 14.2 Å². The number of benzene rings is 4. The van der Waals surface area contributed by atoms with Gasteiger partial charge in [0, 0.05) is 16.7 Å². The van der Waals surface area contributed by atoms with Crippen molar-refractivity contribution >= 4 is 21.9 Å². The molecule has 0 bridgehead atoms. The fourth-order valence-corrected chi connectivity index (χ4v) is 3.78. The van der Waals surface area contributed by atoms with Crippen LogP contribution in [0.5, 0.6) is 11.5 Å². The number of hydrogen-bond donors (Lipinski definition) is 0. The molecule has 4 aromatic carbocycles. The van der Waals surface area contributed by atoms with Gasteiger partial charge in [-0.15, -0.1) is 0 Å². The molecule has 1 heterocycles. The summed E-state index contributed by atoms with van der Waals surface area (Å²) in [7, 11) is 3.26. The van der Waals surface area contributed by atoms with Crippen molar-refractivity contribution in [2.45, 2.75) is 0 Å². The molecule has 0 amide bonds. The van der Waals surface area contributed by atoms with Crippen LogP contribution in [0.1, 0.15) is 11.1 Å². The molecule has 0 saturated carbocycles. The molecule has 5 aromatic rings. The van der Waals surface area contributed by atoms with Crippen LogP contribution in [0.3, 0.4) is 0 Å². The number of fused-ring (bicyclic) bond motifs is 2. The molecule has 0 saturated heterocycles. The van der Waals surface area contributed by atoms with Crippen molar-refractivity contribution in [3.05, 3.63) is 106 Å². The zero-order valence-electron chi connectivity index (χ0n) is 18.2. The van der Waals surface area contributed by atoms with Crippen molar-refractivity contribution < 1.29 is 13.9 Å². The third kappa shape index (κ3) is 3.93. The first-order valence-corrected chi connectivity index (χ1v) is 10.5. The van der Waals surface area contributed by atoms with Crippen molar-refractivity contribution in [3.63, 3.8) is 0 Å². The molecule has 0 radical (unpaired) electrons. The lowest BCUT2D eigenvalue weighted by Crippen LogP contribution is -2.03. The van der Waals surface area contributed by atoms with Crippen molar-refractivity contribution in [2.75, 3.05) is 14.2 Å². The highest BCUT2D eigenvalue weighted by atomic mass is 16.5. The van der Waals surface area contributed by atoms with Crippen molar-refractivity contribution in [2.24, 2.45) is 0 Å². The Bertz CT molecular complexity index is 1580. The van der Waals surface area contributed by atoms with E-state index in [0.29, 0.717) is 21.9 Å². The zero-order valence-corrected chi connectivity index (χ0v) is 18.2. The van der Waals surface area contributed by atoms with Crippen LogP contribution >= 0.6 is 0 Å². The third-order valence-electron chi connectivity index (χ3n) is 5.52. The lowest BCUT2D eigenvalue weighted by Gasteiger charge is -2.09. The van der Waals surface area contributed by atoms with Crippen LogP contribution in [-0.2, 0) is 0 Å². The average molecular weight is 432 g/mol. The summed E-state index contributed by atoms with van der Waals surface area (Å²) in [5.41, 5.74) is 4.32. The van der Waals surface area contributed by atoms with E-state index < -0.39 is 0 Å². The van der Waals surface area contributed by atoms with E-state index in [-0.39, 0.29) is 5.43 Å². The van der Waals surface area contributed by atoms with Crippen LogP contribution in [0, 0.1) is 11.8 Å². The van der Waals surface area contributed by atoms with Gasteiger partial charge in [0.15, 0.2) is 0 Å². The highest BCUT2D eigenvalue weighted by Gasteiger charge is 2.14. The predicted molar refractivity (Wildman–Crippen MR) is 131 cm³/mol. The second kappa shape index (κ2) is 8.57. The number of ether oxygens (including phenoxy) is 2. The molecule has 0 fully saturated rings. The van der Waals surface area contributed by atoms with Gasteiger partial charge in [0.05, 0.1) is 25.0 Å². The van der Waals surface area contributed by atoms with Gasteiger partial charge in [-0.1, -0.05) is 36.1 Å². The Morgan fingerprint density at radius 3 is 2.03 bits per heavy atom. The molecular formula is C29H20O4. The molecule has 0 aliphatic heterocycles. The van der Waals surface area contributed by atoms with Gasteiger partial charge in [0.2, 0.25) is 5.43 Å². The maximum Gasteiger partial charge on any atom is 0.200 e. The maximum absolute atomic E-state index is 13.3. The van der Waals surface area contributed by atoms with E-state index in [1.807, 2.05) is 72.8 Å². The van der Waals surface area contributed by atoms with Gasteiger partial charge in [-0.2, -0.15) is 0 Å². The molecular weight excluding hydrogens is 412 g/mol. The fraction of sp³-hybridized carbons (Fsp3) is 0.0690. The molecule has 5 rings (SSSR count). The molecule has 0 N–H and O–H groups in total. The van der Waals surface area contributed by atoms with Crippen molar-refractivity contribution in [1.82, 2.24) is 0 Å². The molecule has 0 unspecified atom stereocenters. The van der Waals surface area contributed by atoms with E-state index in [4.69, 9.17) is 13.9 Å². The Hall–Kier alpha value is -4.49. The summed E-state index contributed by atoms with van der Waals surface area (Å²) < 4.78 is 16.7. The maximum atomic E-state index is 13.3. The minimum absolute atomic E-state index is 0.0743. The van der Waals surface area contributed by atoms with Gasteiger partial charge in [0.1, 0.15) is 22.7 Å². The average Bonchev–Trinajstić information content (AvgIpc) is 2.88. The first-order chi connectivity index (χ1) is 16.2. The Morgan fingerprint density at radius 2 is 1.33 bits per heavy atom. The van der Waals surface area contributed by atoms with Crippen LogP contribution in [0.25, 0.3) is 33.1 Å². The van der Waals surface area contributed by atoms with E-state index >= 15 is 0 Å². The fourth-order valence-electron chi connectivity index (χ4n) is 3.78. The standard InChI is InChI=1S/C29H20O4/c1-31-22-13-9-19(10-14-22)7-8-20-17-25(21-11-15-23(32-2)16-12-21)29-26(18-20)28(30)24-5-3-4-6-27(24)33-29/h3-6,9-18H,1-2H3. The number of methoxy groups -OCH3 is 2. The molecule has 4 heteroatoms. The van der Waals surface area contributed by atoms with Crippen LogP contribution in [0.2, 0.25) is 0 Å². The van der Waals surface area contributed by atoms with Crippen molar-refractivity contribution in [3.8, 4) is 34.5 Å². The second-order valence-electron chi connectivity index (χ2n) is 7.53. The van der Waals surface area contributed by atoms with Gasteiger partial charge in [-0.05, 0) is 66.2 Å². The largest absolute Gasteiger partial charge is 0.497 e. The summed E-state index contributed by atoms with van der Waals surface area (Å²) in [4.78, 5) is 13.3. The molecule has 160 valence electrons. The Kier molecular flexibility index (Phi) is 5.30. The zero-order chi connectivity index (χ0) is 22.8. The van der Waals surface area contributed by atoms with E-state index in [0.717, 1.165) is 33.8 Å². The van der Waals surface area contributed by atoms with E-state index in [1.54, 1.807) is 26.4 Å². The first kappa shape index (κ1) is 20.4. The minimum atomic E-state index is -0.0743. The molecule has 0 atom stereocenters. The molecule has 33 heavy (non-hydrogen) atoms. The Labute approximate surface area is 191 Å². The predicted octanol–water partition coefficient (Wildman–Crippen LogP) is 6.03. The Balaban J connectivity index is 1.73. The monoisotopic (exact) mass is 432 g/mol. The van der Waals surface area contributed by atoms with Crippen LogP contribution in [0.15, 0.2) is 94.1 Å². The van der Waals surface area contributed by atoms with Gasteiger partial charge in [-0.25, -0.2) is 0 Å². The number of rotatable bonds is 3. The number of hydrogen-bond acceptors (Lipinski definition) is 4. The quantitative estimate of drug-likeness (QED) is 0.258. The SMILES string of the molecule is COc1ccc(C#Cc2cc(-c3ccc(OC)cc3)c3oc4ccccc4c(=O)c3c2)cc1. The summed E-state index contributed by atoms with van der Waals surface area (Å²) in [6.45, 7) is 0. The first-order valence-electron chi connectivity index (χ1n) is 10.5. The topological polar surface area (TPSA) is 48.7 Å².